The normalized spacial score (nSPS) is 15.3. The van der Waals surface area contributed by atoms with Crippen LogP contribution in [-0.4, -0.2) is 41.3 Å². The van der Waals surface area contributed by atoms with Gasteiger partial charge in [-0.05, 0) is 62.1 Å². The molecular formula is C23H28N4O3S. The average molecular weight is 441 g/mol. The Balaban J connectivity index is 1.46. The summed E-state index contributed by atoms with van der Waals surface area (Å²) in [5, 5.41) is 2.97. The van der Waals surface area contributed by atoms with Crippen LogP contribution in [0.5, 0.6) is 0 Å². The molecule has 1 aliphatic heterocycles. The number of hydrogen-bond acceptors (Lipinski definition) is 4. The molecule has 4 rings (SSSR count). The van der Waals surface area contributed by atoms with Gasteiger partial charge in [-0.15, -0.1) is 0 Å². The zero-order chi connectivity index (χ0) is 22.0. The van der Waals surface area contributed by atoms with Crippen LogP contribution in [0.2, 0.25) is 0 Å². The second-order valence-electron chi connectivity index (χ2n) is 8.17. The number of sulfonamides is 1. The maximum absolute atomic E-state index is 12.9. The molecule has 1 aliphatic rings. The highest BCUT2D eigenvalue weighted by atomic mass is 32.2. The second kappa shape index (κ2) is 8.80. The van der Waals surface area contributed by atoms with Crippen LogP contribution in [0, 0.1) is 13.8 Å². The number of imidazole rings is 1. The number of aromatic nitrogens is 2. The van der Waals surface area contributed by atoms with Crippen molar-refractivity contribution in [3.05, 3.63) is 53.9 Å². The summed E-state index contributed by atoms with van der Waals surface area (Å²) in [4.78, 5) is 17.1. The third-order valence-corrected chi connectivity index (χ3v) is 7.69. The van der Waals surface area contributed by atoms with Gasteiger partial charge < -0.3 is 9.88 Å². The fourth-order valence-electron chi connectivity index (χ4n) is 3.94. The first-order chi connectivity index (χ1) is 14.8. The Hall–Kier alpha value is -2.71. The third kappa shape index (κ3) is 4.65. The molecule has 31 heavy (non-hydrogen) atoms. The zero-order valence-electron chi connectivity index (χ0n) is 18.0. The molecule has 3 aromatic rings. The molecule has 0 unspecified atom stereocenters. The van der Waals surface area contributed by atoms with Gasteiger partial charge in [0.1, 0.15) is 0 Å². The smallest absolute Gasteiger partial charge is 0.243 e. The van der Waals surface area contributed by atoms with Crippen molar-refractivity contribution < 1.29 is 13.2 Å². The number of fused-ring (bicyclic) bond motifs is 1. The Kier molecular flexibility index (Phi) is 6.11. The SMILES string of the molecule is Cc1ccc(C)c(NC(=O)CCn2cnc3cc(S(=O)(=O)N4CCCCC4)ccc32)c1. The van der Waals surface area contributed by atoms with E-state index in [-0.39, 0.29) is 10.8 Å². The Morgan fingerprint density at radius 3 is 2.61 bits per heavy atom. The Morgan fingerprint density at radius 2 is 1.84 bits per heavy atom. The van der Waals surface area contributed by atoms with Gasteiger partial charge in [-0.3, -0.25) is 4.79 Å². The van der Waals surface area contributed by atoms with Crippen molar-refractivity contribution in [1.29, 1.82) is 0 Å². The predicted molar refractivity (Wildman–Crippen MR) is 122 cm³/mol. The van der Waals surface area contributed by atoms with E-state index in [1.807, 2.05) is 36.6 Å². The van der Waals surface area contributed by atoms with Gasteiger partial charge in [0.05, 0.1) is 22.3 Å². The first-order valence-electron chi connectivity index (χ1n) is 10.7. The summed E-state index contributed by atoms with van der Waals surface area (Å²) in [6, 6.07) is 11.0. The van der Waals surface area contributed by atoms with Gasteiger partial charge >= 0.3 is 0 Å². The minimum atomic E-state index is -3.49. The van der Waals surface area contributed by atoms with Gasteiger partial charge in [0.2, 0.25) is 15.9 Å². The third-order valence-electron chi connectivity index (χ3n) is 5.79. The number of rotatable bonds is 6. The van der Waals surface area contributed by atoms with Crippen molar-refractivity contribution in [2.75, 3.05) is 18.4 Å². The van der Waals surface area contributed by atoms with E-state index in [0.717, 1.165) is 41.6 Å². The van der Waals surface area contributed by atoms with Gasteiger partial charge in [-0.2, -0.15) is 4.31 Å². The molecule has 0 bridgehead atoms. The molecule has 8 heteroatoms. The molecule has 7 nitrogen and oxygen atoms in total. The van der Waals surface area contributed by atoms with Gasteiger partial charge in [-0.25, -0.2) is 13.4 Å². The van der Waals surface area contributed by atoms with Crippen LogP contribution in [-0.2, 0) is 21.4 Å². The maximum atomic E-state index is 12.9. The lowest BCUT2D eigenvalue weighted by atomic mass is 10.1. The highest BCUT2D eigenvalue weighted by Gasteiger charge is 2.26. The molecule has 1 N–H and O–H groups in total. The zero-order valence-corrected chi connectivity index (χ0v) is 18.8. The molecule has 0 aliphatic carbocycles. The predicted octanol–water partition coefficient (Wildman–Crippen LogP) is 3.86. The molecule has 164 valence electrons. The molecule has 1 aromatic heterocycles. The lowest BCUT2D eigenvalue weighted by Crippen LogP contribution is -2.35. The lowest BCUT2D eigenvalue weighted by Gasteiger charge is -2.25. The Morgan fingerprint density at radius 1 is 1.06 bits per heavy atom. The molecule has 0 atom stereocenters. The topological polar surface area (TPSA) is 84.3 Å². The minimum Gasteiger partial charge on any atom is -0.330 e. The van der Waals surface area contributed by atoms with E-state index in [1.165, 1.54) is 0 Å². The van der Waals surface area contributed by atoms with Crippen molar-refractivity contribution >= 4 is 32.7 Å². The highest BCUT2D eigenvalue weighted by molar-refractivity contribution is 7.89. The number of nitrogens with zero attached hydrogens (tertiary/aromatic N) is 3. The fourth-order valence-corrected chi connectivity index (χ4v) is 5.48. The Labute approximate surface area is 183 Å². The number of nitrogens with one attached hydrogen (secondary N) is 1. The van der Waals surface area contributed by atoms with Crippen molar-refractivity contribution in [2.24, 2.45) is 0 Å². The summed E-state index contributed by atoms with van der Waals surface area (Å²) >= 11 is 0. The number of carbonyl (C=O) groups excluding carboxylic acids is 1. The maximum Gasteiger partial charge on any atom is 0.243 e. The molecule has 0 saturated carbocycles. The molecule has 0 spiro atoms. The molecule has 1 amide bonds. The monoisotopic (exact) mass is 440 g/mol. The van der Waals surface area contributed by atoms with E-state index in [9.17, 15) is 13.2 Å². The van der Waals surface area contributed by atoms with Crippen molar-refractivity contribution in [3.63, 3.8) is 0 Å². The van der Waals surface area contributed by atoms with Crippen LogP contribution in [0.15, 0.2) is 47.6 Å². The molecule has 2 aromatic carbocycles. The van der Waals surface area contributed by atoms with Gasteiger partial charge in [0.15, 0.2) is 0 Å². The number of benzene rings is 2. The van der Waals surface area contributed by atoms with Gasteiger partial charge in [-0.1, -0.05) is 18.6 Å². The van der Waals surface area contributed by atoms with Crippen LogP contribution in [0.3, 0.4) is 0 Å². The second-order valence-corrected chi connectivity index (χ2v) is 10.1. The molecule has 0 radical (unpaired) electrons. The largest absolute Gasteiger partial charge is 0.330 e. The number of carbonyl (C=O) groups is 1. The Bertz CT molecular complexity index is 1210. The lowest BCUT2D eigenvalue weighted by molar-refractivity contribution is -0.116. The van der Waals surface area contributed by atoms with Crippen LogP contribution < -0.4 is 5.32 Å². The molecular weight excluding hydrogens is 412 g/mol. The van der Waals surface area contributed by atoms with E-state index < -0.39 is 10.0 Å². The number of hydrogen-bond donors (Lipinski definition) is 1. The quantitative estimate of drug-likeness (QED) is 0.631. The summed E-state index contributed by atoms with van der Waals surface area (Å²) in [6.07, 6.45) is 4.84. The summed E-state index contributed by atoms with van der Waals surface area (Å²) in [6.45, 7) is 5.57. The van der Waals surface area contributed by atoms with E-state index in [1.54, 1.807) is 28.8 Å². The standard InChI is InChI=1S/C23H28N4O3S/c1-17-6-7-18(2)20(14-17)25-23(28)10-13-26-16-24-21-15-19(8-9-22(21)26)31(29,30)27-11-4-3-5-12-27/h6-9,14-16H,3-5,10-13H2,1-2H3,(H,25,28). The van der Waals surface area contributed by atoms with Crippen molar-refractivity contribution in [2.45, 2.75) is 51.0 Å². The molecule has 1 fully saturated rings. The molecule has 1 saturated heterocycles. The fraction of sp³-hybridized carbons (Fsp3) is 0.391. The van der Waals surface area contributed by atoms with Crippen LogP contribution in [0.4, 0.5) is 5.69 Å². The summed E-state index contributed by atoms with van der Waals surface area (Å²) < 4.78 is 29.3. The van der Waals surface area contributed by atoms with E-state index in [2.05, 4.69) is 10.3 Å². The van der Waals surface area contributed by atoms with Crippen LogP contribution in [0.1, 0.15) is 36.8 Å². The minimum absolute atomic E-state index is 0.0696. The summed E-state index contributed by atoms with van der Waals surface area (Å²) in [5.74, 6) is -0.0696. The van der Waals surface area contributed by atoms with Crippen LogP contribution >= 0.6 is 0 Å². The number of anilines is 1. The van der Waals surface area contributed by atoms with E-state index >= 15 is 0 Å². The van der Waals surface area contributed by atoms with Crippen molar-refractivity contribution in [3.8, 4) is 0 Å². The van der Waals surface area contributed by atoms with Gasteiger partial charge in [0.25, 0.3) is 0 Å². The summed E-state index contributed by atoms with van der Waals surface area (Å²) in [5.41, 5.74) is 4.38. The average Bonchev–Trinajstić information content (AvgIpc) is 3.18. The summed E-state index contributed by atoms with van der Waals surface area (Å²) in [7, 11) is -3.49. The molecule has 2 heterocycles. The number of aryl methyl sites for hydroxylation is 3. The first kappa shape index (κ1) is 21.5. The van der Waals surface area contributed by atoms with E-state index in [0.29, 0.717) is 31.6 Å². The van der Waals surface area contributed by atoms with E-state index in [4.69, 9.17) is 0 Å². The van der Waals surface area contributed by atoms with Crippen molar-refractivity contribution in [1.82, 2.24) is 13.9 Å². The first-order valence-corrected chi connectivity index (χ1v) is 12.1. The number of amides is 1. The number of piperidine rings is 1. The van der Waals surface area contributed by atoms with Crippen LogP contribution in [0.25, 0.3) is 11.0 Å². The highest BCUT2D eigenvalue weighted by Crippen LogP contribution is 2.24. The van der Waals surface area contributed by atoms with Gasteiger partial charge in [0, 0.05) is 31.7 Å².